The number of nitrogens with zero attached hydrogens (tertiary/aromatic N) is 2. The lowest BCUT2D eigenvalue weighted by Gasteiger charge is -2.23. The summed E-state index contributed by atoms with van der Waals surface area (Å²) in [4.78, 5) is 0. The number of nitrogens with one attached hydrogen (secondary N) is 1. The van der Waals surface area contributed by atoms with E-state index < -0.39 is 0 Å². The summed E-state index contributed by atoms with van der Waals surface area (Å²) in [5.74, 6) is 0. The lowest BCUT2D eigenvalue weighted by molar-refractivity contribution is 0.321. The molecule has 0 bridgehead atoms. The molecule has 1 saturated carbocycles. The van der Waals surface area contributed by atoms with Crippen LogP contribution in [0.15, 0.2) is 4.60 Å². The molecule has 3 nitrogen and oxygen atoms in total. The zero-order valence-corrected chi connectivity index (χ0v) is 10.4. The van der Waals surface area contributed by atoms with Gasteiger partial charge in [-0.2, -0.15) is 5.10 Å². The van der Waals surface area contributed by atoms with E-state index in [1.807, 2.05) is 0 Å². The lowest BCUT2D eigenvalue weighted by atomic mass is 9.95. The van der Waals surface area contributed by atoms with E-state index in [-0.39, 0.29) is 0 Å². The van der Waals surface area contributed by atoms with Crippen LogP contribution >= 0.6 is 15.9 Å². The highest BCUT2D eigenvalue weighted by atomic mass is 79.9. The van der Waals surface area contributed by atoms with Crippen molar-refractivity contribution >= 4 is 15.9 Å². The summed E-state index contributed by atoms with van der Waals surface area (Å²) < 4.78 is 3.33. The zero-order chi connectivity index (χ0) is 10.3. The summed E-state index contributed by atoms with van der Waals surface area (Å²) in [6, 6.07) is 0.652. The first-order valence-electron chi connectivity index (χ1n) is 5.83. The average Bonchev–Trinajstić information content (AvgIpc) is 2.84. The van der Waals surface area contributed by atoms with Crippen LogP contribution < -0.4 is 5.32 Å². The Hall–Kier alpha value is -0.350. The number of halogens is 1. The van der Waals surface area contributed by atoms with Gasteiger partial charge in [-0.25, -0.2) is 0 Å². The van der Waals surface area contributed by atoms with E-state index in [0.717, 1.165) is 17.7 Å². The molecule has 0 unspecified atom stereocenters. The Balaban J connectivity index is 1.93. The first-order valence-corrected chi connectivity index (χ1v) is 6.62. The summed E-state index contributed by atoms with van der Waals surface area (Å²) in [6.07, 6.45) is 6.75. The molecule has 0 atom stereocenters. The van der Waals surface area contributed by atoms with Crippen LogP contribution in [-0.2, 0) is 13.1 Å². The van der Waals surface area contributed by atoms with E-state index in [4.69, 9.17) is 0 Å². The number of aromatic nitrogens is 2. The van der Waals surface area contributed by atoms with Crippen molar-refractivity contribution in [1.82, 2.24) is 15.1 Å². The molecule has 1 aromatic rings. The number of rotatable bonds is 1. The SMILES string of the molecule is Brc1nn(C2CCCCC2)c2c1CNC2. The third-order valence-electron chi connectivity index (χ3n) is 3.58. The first kappa shape index (κ1) is 9.85. The monoisotopic (exact) mass is 269 g/mol. The summed E-state index contributed by atoms with van der Waals surface area (Å²) in [5, 5.41) is 8.05. The molecule has 2 aliphatic rings. The second kappa shape index (κ2) is 3.91. The lowest BCUT2D eigenvalue weighted by Crippen LogP contribution is -2.17. The maximum Gasteiger partial charge on any atom is 0.132 e. The Morgan fingerprint density at radius 3 is 2.80 bits per heavy atom. The smallest absolute Gasteiger partial charge is 0.132 e. The molecule has 0 amide bonds. The van der Waals surface area contributed by atoms with Crippen molar-refractivity contribution in [2.75, 3.05) is 0 Å². The highest BCUT2D eigenvalue weighted by Crippen LogP contribution is 2.33. The summed E-state index contributed by atoms with van der Waals surface area (Å²) >= 11 is 3.56. The van der Waals surface area contributed by atoms with Crippen LogP contribution in [-0.4, -0.2) is 9.78 Å². The average molecular weight is 270 g/mol. The third kappa shape index (κ3) is 1.64. The molecule has 0 saturated heterocycles. The second-order valence-electron chi connectivity index (χ2n) is 4.56. The zero-order valence-electron chi connectivity index (χ0n) is 8.80. The van der Waals surface area contributed by atoms with Crippen LogP contribution in [0.25, 0.3) is 0 Å². The molecule has 0 spiro atoms. The van der Waals surface area contributed by atoms with Crippen molar-refractivity contribution in [3.8, 4) is 0 Å². The van der Waals surface area contributed by atoms with Gasteiger partial charge in [0.25, 0.3) is 0 Å². The van der Waals surface area contributed by atoms with E-state index >= 15 is 0 Å². The topological polar surface area (TPSA) is 29.9 Å². The fraction of sp³-hybridized carbons (Fsp3) is 0.727. The van der Waals surface area contributed by atoms with E-state index in [2.05, 4.69) is 31.0 Å². The Labute approximate surface area is 98.4 Å². The highest BCUT2D eigenvalue weighted by molar-refractivity contribution is 9.10. The standard InChI is InChI=1S/C11H16BrN3/c12-11-9-6-13-7-10(9)15(14-11)8-4-2-1-3-5-8/h8,13H,1-7H2. The quantitative estimate of drug-likeness (QED) is 0.850. The summed E-state index contributed by atoms with van der Waals surface area (Å²) in [7, 11) is 0. The number of fused-ring (bicyclic) bond motifs is 1. The van der Waals surface area contributed by atoms with Gasteiger partial charge in [-0.1, -0.05) is 19.3 Å². The van der Waals surface area contributed by atoms with Crippen molar-refractivity contribution in [2.45, 2.75) is 51.2 Å². The van der Waals surface area contributed by atoms with Gasteiger partial charge < -0.3 is 5.32 Å². The highest BCUT2D eigenvalue weighted by Gasteiger charge is 2.25. The van der Waals surface area contributed by atoms with E-state index in [1.165, 1.54) is 43.4 Å². The van der Waals surface area contributed by atoms with Gasteiger partial charge in [0, 0.05) is 18.7 Å². The molecule has 4 heteroatoms. The molecule has 1 aliphatic heterocycles. The molecule has 1 fully saturated rings. The van der Waals surface area contributed by atoms with Crippen molar-refractivity contribution in [3.63, 3.8) is 0 Å². The largest absolute Gasteiger partial charge is 0.307 e. The predicted molar refractivity (Wildman–Crippen MR) is 62.6 cm³/mol. The number of hydrogen-bond acceptors (Lipinski definition) is 2. The number of hydrogen-bond donors (Lipinski definition) is 1. The van der Waals surface area contributed by atoms with Crippen LogP contribution in [0.1, 0.15) is 49.4 Å². The fourth-order valence-corrected chi connectivity index (χ4v) is 3.31. The van der Waals surface area contributed by atoms with Crippen molar-refractivity contribution in [3.05, 3.63) is 15.9 Å². The molecule has 1 N–H and O–H groups in total. The molecule has 0 radical (unpaired) electrons. The molecular formula is C11H16BrN3. The minimum Gasteiger partial charge on any atom is -0.307 e. The molecule has 0 aromatic carbocycles. The minimum absolute atomic E-state index is 0.652. The maximum absolute atomic E-state index is 4.65. The van der Waals surface area contributed by atoms with Gasteiger partial charge in [0.2, 0.25) is 0 Å². The summed E-state index contributed by atoms with van der Waals surface area (Å²) in [6.45, 7) is 1.97. The molecular weight excluding hydrogens is 254 g/mol. The predicted octanol–water partition coefficient (Wildman–Crippen LogP) is 2.75. The van der Waals surface area contributed by atoms with Gasteiger partial charge >= 0.3 is 0 Å². The Morgan fingerprint density at radius 1 is 1.20 bits per heavy atom. The van der Waals surface area contributed by atoms with Crippen LogP contribution in [0, 0.1) is 0 Å². The summed E-state index contributed by atoms with van der Waals surface area (Å²) in [5.41, 5.74) is 2.79. The van der Waals surface area contributed by atoms with Crippen LogP contribution in [0.5, 0.6) is 0 Å². The maximum atomic E-state index is 4.65. The first-order chi connectivity index (χ1) is 7.36. The molecule has 1 aliphatic carbocycles. The van der Waals surface area contributed by atoms with E-state index in [1.54, 1.807) is 0 Å². The van der Waals surface area contributed by atoms with Gasteiger partial charge in [0.1, 0.15) is 4.60 Å². The minimum atomic E-state index is 0.652. The fourth-order valence-electron chi connectivity index (χ4n) is 2.77. The third-order valence-corrected chi connectivity index (χ3v) is 4.22. The Morgan fingerprint density at radius 2 is 2.00 bits per heavy atom. The van der Waals surface area contributed by atoms with Crippen molar-refractivity contribution < 1.29 is 0 Å². The van der Waals surface area contributed by atoms with Crippen molar-refractivity contribution in [2.24, 2.45) is 0 Å². The second-order valence-corrected chi connectivity index (χ2v) is 5.31. The van der Waals surface area contributed by atoms with Gasteiger partial charge in [-0.15, -0.1) is 0 Å². The van der Waals surface area contributed by atoms with Gasteiger partial charge in [-0.05, 0) is 28.8 Å². The normalized spacial score (nSPS) is 21.9. The molecule has 15 heavy (non-hydrogen) atoms. The Kier molecular flexibility index (Phi) is 2.56. The van der Waals surface area contributed by atoms with Gasteiger partial charge in [0.05, 0.1) is 11.7 Å². The molecule has 82 valence electrons. The molecule has 2 heterocycles. The van der Waals surface area contributed by atoms with E-state index in [0.29, 0.717) is 6.04 Å². The van der Waals surface area contributed by atoms with Gasteiger partial charge in [0.15, 0.2) is 0 Å². The Bertz CT molecular complexity index is 366. The van der Waals surface area contributed by atoms with Crippen LogP contribution in [0.4, 0.5) is 0 Å². The van der Waals surface area contributed by atoms with E-state index in [9.17, 15) is 0 Å². The van der Waals surface area contributed by atoms with Crippen molar-refractivity contribution in [1.29, 1.82) is 0 Å². The van der Waals surface area contributed by atoms with Crippen LogP contribution in [0.3, 0.4) is 0 Å². The molecule has 3 rings (SSSR count). The van der Waals surface area contributed by atoms with Crippen LogP contribution in [0.2, 0.25) is 0 Å². The van der Waals surface area contributed by atoms with Gasteiger partial charge in [-0.3, -0.25) is 4.68 Å². The molecule has 1 aromatic heterocycles.